The molecular formula is C12H18N6OS. The number of amides is 1. The van der Waals surface area contributed by atoms with Crippen molar-refractivity contribution in [2.75, 3.05) is 12.3 Å². The Morgan fingerprint density at radius 3 is 2.90 bits per heavy atom. The predicted molar refractivity (Wildman–Crippen MR) is 76.8 cm³/mol. The Labute approximate surface area is 121 Å². The summed E-state index contributed by atoms with van der Waals surface area (Å²) < 4.78 is 1.84. The van der Waals surface area contributed by atoms with Crippen molar-refractivity contribution in [3.8, 4) is 0 Å². The molecule has 0 aliphatic heterocycles. The minimum absolute atomic E-state index is 0.0714. The van der Waals surface area contributed by atoms with Crippen LogP contribution in [0.15, 0.2) is 11.5 Å². The van der Waals surface area contributed by atoms with Crippen molar-refractivity contribution >= 4 is 17.7 Å². The Balaban J connectivity index is 1.87. The van der Waals surface area contributed by atoms with Gasteiger partial charge in [-0.2, -0.15) is 10.2 Å². The van der Waals surface area contributed by atoms with Crippen LogP contribution in [0.3, 0.4) is 0 Å². The summed E-state index contributed by atoms with van der Waals surface area (Å²) in [6.45, 7) is 7.12. The molecular weight excluding hydrogens is 276 g/mol. The third kappa shape index (κ3) is 3.19. The zero-order valence-electron chi connectivity index (χ0n) is 11.8. The monoisotopic (exact) mass is 294 g/mol. The number of rotatable bonds is 6. The van der Waals surface area contributed by atoms with Gasteiger partial charge in [-0.1, -0.05) is 11.8 Å². The van der Waals surface area contributed by atoms with E-state index in [4.69, 9.17) is 0 Å². The fourth-order valence-electron chi connectivity index (χ4n) is 2.00. The minimum Gasteiger partial charge on any atom is -0.351 e. The molecule has 0 radical (unpaired) electrons. The van der Waals surface area contributed by atoms with Gasteiger partial charge in [-0.15, -0.1) is 0 Å². The summed E-state index contributed by atoms with van der Waals surface area (Å²) in [5, 5.41) is 14.5. The van der Waals surface area contributed by atoms with E-state index in [0.29, 0.717) is 12.1 Å². The summed E-state index contributed by atoms with van der Waals surface area (Å²) in [5.74, 6) is 0.666. The predicted octanol–water partition coefficient (Wildman–Crippen LogP) is 1.16. The van der Waals surface area contributed by atoms with Gasteiger partial charge < -0.3 is 5.32 Å². The van der Waals surface area contributed by atoms with Gasteiger partial charge in [0.2, 0.25) is 0 Å². The lowest BCUT2D eigenvalue weighted by molar-refractivity contribution is 0.0955. The van der Waals surface area contributed by atoms with Crippen LogP contribution in [0.5, 0.6) is 0 Å². The highest BCUT2D eigenvalue weighted by molar-refractivity contribution is 7.99. The third-order valence-corrected chi connectivity index (χ3v) is 3.81. The zero-order chi connectivity index (χ0) is 14.5. The van der Waals surface area contributed by atoms with Gasteiger partial charge in [-0.05, 0) is 20.8 Å². The molecule has 108 valence electrons. The second-order valence-electron chi connectivity index (χ2n) is 4.26. The van der Waals surface area contributed by atoms with Crippen molar-refractivity contribution in [3.63, 3.8) is 0 Å². The first-order valence-electron chi connectivity index (χ1n) is 6.43. The van der Waals surface area contributed by atoms with E-state index in [1.807, 2.05) is 25.5 Å². The molecule has 1 amide bonds. The number of carbonyl (C=O) groups excluding carboxylic acids is 1. The van der Waals surface area contributed by atoms with Gasteiger partial charge >= 0.3 is 0 Å². The molecule has 0 aliphatic carbocycles. The second kappa shape index (κ2) is 6.56. The molecule has 0 saturated carbocycles. The van der Waals surface area contributed by atoms with Crippen molar-refractivity contribution < 1.29 is 4.79 Å². The first-order chi connectivity index (χ1) is 9.63. The van der Waals surface area contributed by atoms with Gasteiger partial charge in [0.05, 0.1) is 11.3 Å². The molecule has 7 nitrogen and oxygen atoms in total. The molecule has 0 spiro atoms. The molecule has 2 aromatic heterocycles. The summed E-state index contributed by atoms with van der Waals surface area (Å²) >= 11 is 1.52. The maximum Gasteiger partial charge on any atom is 0.255 e. The molecule has 0 unspecified atom stereocenters. The highest BCUT2D eigenvalue weighted by Crippen LogP contribution is 2.13. The molecule has 0 aromatic carbocycles. The molecule has 0 saturated heterocycles. The van der Waals surface area contributed by atoms with Crippen LogP contribution in [0.4, 0.5) is 0 Å². The van der Waals surface area contributed by atoms with Crippen LogP contribution in [0, 0.1) is 13.8 Å². The SMILES string of the molecule is CCn1nc(C)c(C(=O)NCCSc2ncn[nH]2)c1C. The Morgan fingerprint density at radius 2 is 2.30 bits per heavy atom. The van der Waals surface area contributed by atoms with E-state index in [1.165, 1.54) is 18.1 Å². The average molecular weight is 294 g/mol. The summed E-state index contributed by atoms with van der Waals surface area (Å²) in [6.07, 6.45) is 1.47. The quantitative estimate of drug-likeness (QED) is 0.616. The van der Waals surface area contributed by atoms with E-state index in [1.54, 1.807) is 0 Å². The first kappa shape index (κ1) is 14.6. The van der Waals surface area contributed by atoms with Crippen LogP contribution in [-0.2, 0) is 6.54 Å². The van der Waals surface area contributed by atoms with Crippen molar-refractivity contribution in [1.29, 1.82) is 0 Å². The number of thioether (sulfide) groups is 1. The average Bonchev–Trinajstić information content (AvgIpc) is 3.02. The molecule has 2 heterocycles. The van der Waals surface area contributed by atoms with E-state index in [-0.39, 0.29) is 5.91 Å². The van der Waals surface area contributed by atoms with Crippen molar-refractivity contribution in [2.45, 2.75) is 32.5 Å². The molecule has 0 fully saturated rings. The molecule has 2 aromatic rings. The highest BCUT2D eigenvalue weighted by Gasteiger charge is 2.17. The van der Waals surface area contributed by atoms with Crippen molar-refractivity contribution in [2.24, 2.45) is 0 Å². The fourth-order valence-corrected chi connectivity index (χ4v) is 2.63. The number of aromatic amines is 1. The van der Waals surface area contributed by atoms with Crippen molar-refractivity contribution in [1.82, 2.24) is 30.3 Å². The van der Waals surface area contributed by atoms with E-state index >= 15 is 0 Å². The largest absolute Gasteiger partial charge is 0.351 e. The smallest absolute Gasteiger partial charge is 0.255 e. The van der Waals surface area contributed by atoms with Gasteiger partial charge in [0.15, 0.2) is 5.16 Å². The van der Waals surface area contributed by atoms with E-state index in [2.05, 4.69) is 25.6 Å². The maximum absolute atomic E-state index is 12.2. The Hall–Kier alpha value is -1.83. The fraction of sp³-hybridized carbons (Fsp3) is 0.500. The molecule has 0 aliphatic rings. The van der Waals surface area contributed by atoms with Crippen LogP contribution < -0.4 is 5.32 Å². The van der Waals surface area contributed by atoms with E-state index in [0.717, 1.165) is 28.8 Å². The molecule has 0 atom stereocenters. The Bertz CT molecular complexity index is 577. The van der Waals surface area contributed by atoms with Gasteiger partial charge in [0.1, 0.15) is 6.33 Å². The number of carbonyl (C=O) groups is 1. The minimum atomic E-state index is -0.0714. The van der Waals surface area contributed by atoms with Crippen LogP contribution in [0.1, 0.15) is 28.7 Å². The zero-order valence-corrected chi connectivity index (χ0v) is 12.6. The number of hydrogen-bond acceptors (Lipinski definition) is 5. The first-order valence-corrected chi connectivity index (χ1v) is 7.42. The standard InChI is InChI=1S/C12H18N6OS/c1-4-18-9(3)10(8(2)17-18)11(19)13-5-6-20-12-14-7-15-16-12/h7H,4-6H2,1-3H3,(H,13,19)(H,14,15,16). The topological polar surface area (TPSA) is 88.5 Å². The van der Waals surface area contributed by atoms with Gasteiger partial charge in [0.25, 0.3) is 5.91 Å². The van der Waals surface area contributed by atoms with Crippen LogP contribution >= 0.6 is 11.8 Å². The molecule has 2 rings (SSSR count). The lowest BCUT2D eigenvalue weighted by atomic mass is 10.2. The molecule has 0 bridgehead atoms. The Morgan fingerprint density at radius 1 is 1.50 bits per heavy atom. The summed E-state index contributed by atoms with van der Waals surface area (Å²) in [4.78, 5) is 16.2. The molecule has 8 heteroatoms. The number of aryl methyl sites for hydroxylation is 2. The van der Waals surface area contributed by atoms with E-state index < -0.39 is 0 Å². The maximum atomic E-state index is 12.2. The summed E-state index contributed by atoms with van der Waals surface area (Å²) in [5.41, 5.74) is 2.35. The van der Waals surface area contributed by atoms with Gasteiger partial charge in [-0.25, -0.2) is 4.98 Å². The van der Waals surface area contributed by atoms with Gasteiger partial charge in [0, 0.05) is 24.5 Å². The third-order valence-electron chi connectivity index (χ3n) is 2.93. The number of aromatic nitrogens is 5. The summed E-state index contributed by atoms with van der Waals surface area (Å²) in [7, 11) is 0. The molecule has 20 heavy (non-hydrogen) atoms. The number of H-pyrrole nitrogens is 1. The lowest BCUT2D eigenvalue weighted by Gasteiger charge is -2.05. The molecule has 2 N–H and O–H groups in total. The highest BCUT2D eigenvalue weighted by atomic mass is 32.2. The summed E-state index contributed by atoms with van der Waals surface area (Å²) in [6, 6.07) is 0. The lowest BCUT2D eigenvalue weighted by Crippen LogP contribution is -2.26. The van der Waals surface area contributed by atoms with Crippen LogP contribution in [-0.4, -0.2) is 43.2 Å². The van der Waals surface area contributed by atoms with E-state index in [9.17, 15) is 4.79 Å². The number of nitrogens with zero attached hydrogens (tertiary/aromatic N) is 4. The second-order valence-corrected chi connectivity index (χ2v) is 5.34. The Kier molecular flexibility index (Phi) is 4.78. The number of nitrogens with one attached hydrogen (secondary N) is 2. The van der Waals surface area contributed by atoms with Gasteiger partial charge in [-0.3, -0.25) is 14.6 Å². The van der Waals surface area contributed by atoms with Crippen LogP contribution in [0.25, 0.3) is 0 Å². The van der Waals surface area contributed by atoms with Crippen molar-refractivity contribution in [3.05, 3.63) is 23.3 Å². The van der Waals surface area contributed by atoms with Crippen LogP contribution in [0.2, 0.25) is 0 Å². The normalized spacial score (nSPS) is 10.8. The number of hydrogen-bond donors (Lipinski definition) is 2.